The van der Waals surface area contributed by atoms with Gasteiger partial charge in [-0.2, -0.15) is 4.98 Å². The zero-order valence-electron chi connectivity index (χ0n) is 11.6. The van der Waals surface area contributed by atoms with E-state index in [4.69, 9.17) is 4.74 Å². The van der Waals surface area contributed by atoms with Crippen molar-refractivity contribution in [2.45, 2.75) is 19.8 Å². The molecule has 0 amide bonds. The fourth-order valence-electron chi connectivity index (χ4n) is 2.04. The monoisotopic (exact) mass is 272 g/mol. The highest BCUT2D eigenvalue weighted by molar-refractivity contribution is 5.97. The summed E-state index contributed by atoms with van der Waals surface area (Å²) in [4.78, 5) is 30.4. The Balaban J connectivity index is 2.79. The van der Waals surface area contributed by atoms with Crippen LogP contribution < -0.4 is 5.69 Å². The first kappa shape index (κ1) is 14.0. The van der Waals surface area contributed by atoms with E-state index in [0.29, 0.717) is 22.5 Å². The Labute approximate surface area is 116 Å². The van der Waals surface area contributed by atoms with Crippen LogP contribution in [0.2, 0.25) is 0 Å². The number of hydrogen-bond acceptors (Lipinski definition) is 4. The molecule has 1 N–H and O–H groups in total. The Morgan fingerprint density at radius 2 is 1.90 bits per heavy atom. The van der Waals surface area contributed by atoms with E-state index < -0.39 is 11.7 Å². The standard InChI is InChI=1S/C15H16N2O3/c1-9(2)12-11(14(18)20-3)13(17-15(19)16-12)10-7-5-4-6-8-10/h4-9H,1-3H3,(H,16,17,19). The lowest BCUT2D eigenvalue weighted by Gasteiger charge is -2.14. The number of carbonyl (C=O) groups is 1. The van der Waals surface area contributed by atoms with Gasteiger partial charge in [0, 0.05) is 11.3 Å². The van der Waals surface area contributed by atoms with E-state index in [9.17, 15) is 9.59 Å². The molecule has 0 fully saturated rings. The predicted molar refractivity (Wildman–Crippen MR) is 75.7 cm³/mol. The molecule has 0 saturated heterocycles. The molecule has 0 aliphatic heterocycles. The third-order valence-corrected chi connectivity index (χ3v) is 2.98. The van der Waals surface area contributed by atoms with Crippen LogP contribution in [-0.2, 0) is 4.74 Å². The van der Waals surface area contributed by atoms with Gasteiger partial charge < -0.3 is 9.72 Å². The van der Waals surface area contributed by atoms with Gasteiger partial charge in [-0.1, -0.05) is 44.2 Å². The summed E-state index contributed by atoms with van der Waals surface area (Å²) in [5.41, 5.74) is 1.44. The summed E-state index contributed by atoms with van der Waals surface area (Å²) in [6.07, 6.45) is 0. The van der Waals surface area contributed by atoms with Gasteiger partial charge in [-0.15, -0.1) is 0 Å². The van der Waals surface area contributed by atoms with Crippen molar-refractivity contribution in [1.82, 2.24) is 9.97 Å². The number of aromatic nitrogens is 2. The molecule has 5 nitrogen and oxygen atoms in total. The number of ether oxygens (including phenoxy) is 1. The van der Waals surface area contributed by atoms with E-state index >= 15 is 0 Å². The first-order valence-corrected chi connectivity index (χ1v) is 6.32. The van der Waals surface area contributed by atoms with Crippen LogP contribution in [-0.4, -0.2) is 23.0 Å². The van der Waals surface area contributed by atoms with E-state index in [-0.39, 0.29) is 5.92 Å². The maximum Gasteiger partial charge on any atom is 0.345 e. The van der Waals surface area contributed by atoms with Gasteiger partial charge in [0.05, 0.1) is 12.8 Å². The van der Waals surface area contributed by atoms with Crippen LogP contribution in [0, 0.1) is 0 Å². The summed E-state index contributed by atoms with van der Waals surface area (Å²) < 4.78 is 4.83. The minimum atomic E-state index is -0.503. The molecule has 0 atom stereocenters. The molecule has 5 heteroatoms. The van der Waals surface area contributed by atoms with Crippen LogP contribution in [0.4, 0.5) is 0 Å². The number of aromatic amines is 1. The zero-order chi connectivity index (χ0) is 14.7. The summed E-state index contributed by atoms with van der Waals surface area (Å²) in [6.45, 7) is 3.79. The van der Waals surface area contributed by atoms with Crippen molar-refractivity contribution in [3.05, 3.63) is 52.1 Å². The third-order valence-electron chi connectivity index (χ3n) is 2.98. The first-order valence-electron chi connectivity index (χ1n) is 6.32. The van der Waals surface area contributed by atoms with E-state index in [0.717, 1.165) is 0 Å². The summed E-state index contributed by atoms with van der Waals surface area (Å²) >= 11 is 0. The molecule has 0 aliphatic carbocycles. The SMILES string of the molecule is COC(=O)c1c(-c2ccccc2)nc(=O)[nH]c1C(C)C. The lowest BCUT2D eigenvalue weighted by Crippen LogP contribution is -2.21. The van der Waals surface area contributed by atoms with E-state index in [1.54, 1.807) is 12.1 Å². The van der Waals surface area contributed by atoms with Crippen LogP contribution in [0.25, 0.3) is 11.3 Å². The van der Waals surface area contributed by atoms with Crippen molar-refractivity contribution in [3.8, 4) is 11.3 Å². The number of hydrogen-bond donors (Lipinski definition) is 1. The molecule has 0 spiro atoms. The molecular weight excluding hydrogens is 256 g/mol. The van der Waals surface area contributed by atoms with Gasteiger partial charge in [0.25, 0.3) is 0 Å². The molecule has 2 rings (SSSR count). The second kappa shape index (κ2) is 5.69. The Hall–Kier alpha value is -2.43. The number of esters is 1. The molecule has 0 unspecified atom stereocenters. The van der Waals surface area contributed by atoms with Gasteiger partial charge in [-0.3, -0.25) is 0 Å². The van der Waals surface area contributed by atoms with Gasteiger partial charge >= 0.3 is 11.7 Å². The quantitative estimate of drug-likeness (QED) is 0.870. The highest BCUT2D eigenvalue weighted by Gasteiger charge is 2.22. The van der Waals surface area contributed by atoms with E-state index in [2.05, 4.69) is 9.97 Å². The van der Waals surface area contributed by atoms with Crippen molar-refractivity contribution < 1.29 is 9.53 Å². The van der Waals surface area contributed by atoms with Crippen molar-refractivity contribution in [1.29, 1.82) is 0 Å². The van der Waals surface area contributed by atoms with Gasteiger partial charge in [-0.05, 0) is 5.92 Å². The molecule has 0 radical (unpaired) electrons. The predicted octanol–water partition coefficient (Wildman–Crippen LogP) is 2.35. The Morgan fingerprint density at radius 1 is 1.25 bits per heavy atom. The zero-order valence-corrected chi connectivity index (χ0v) is 11.6. The average molecular weight is 272 g/mol. The molecule has 1 aromatic carbocycles. The van der Waals surface area contributed by atoms with Gasteiger partial charge in [0.15, 0.2) is 0 Å². The number of nitrogens with zero attached hydrogens (tertiary/aromatic N) is 1. The van der Waals surface area contributed by atoms with Crippen molar-refractivity contribution >= 4 is 5.97 Å². The molecule has 1 aromatic heterocycles. The smallest absolute Gasteiger partial charge is 0.345 e. The van der Waals surface area contributed by atoms with E-state index in [1.807, 2.05) is 32.0 Å². The fraction of sp³-hybridized carbons (Fsp3) is 0.267. The first-order chi connectivity index (χ1) is 9.54. The lowest BCUT2D eigenvalue weighted by atomic mass is 9.99. The Kier molecular flexibility index (Phi) is 3.98. The van der Waals surface area contributed by atoms with Crippen LogP contribution in [0.15, 0.2) is 35.1 Å². The van der Waals surface area contributed by atoms with Crippen LogP contribution in [0.1, 0.15) is 35.8 Å². The highest BCUT2D eigenvalue weighted by atomic mass is 16.5. The maximum atomic E-state index is 12.1. The van der Waals surface area contributed by atoms with Crippen LogP contribution >= 0.6 is 0 Å². The topological polar surface area (TPSA) is 72.0 Å². The number of benzene rings is 1. The van der Waals surface area contributed by atoms with Gasteiger partial charge in [0.2, 0.25) is 0 Å². The average Bonchev–Trinajstić information content (AvgIpc) is 2.46. The third kappa shape index (κ3) is 2.61. The Morgan fingerprint density at radius 3 is 2.45 bits per heavy atom. The van der Waals surface area contributed by atoms with E-state index in [1.165, 1.54) is 7.11 Å². The number of nitrogens with one attached hydrogen (secondary N) is 1. The minimum absolute atomic E-state index is 0.0257. The number of methoxy groups -OCH3 is 1. The highest BCUT2D eigenvalue weighted by Crippen LogP contribution is 2.26. The molecule has 1 heterocycles. The normalized spacial score (nSPS) is 10.6. The molecule has 0 aliphatic rings. The van der Waals surface area contributed by atoms with Crippen LogP contribution in [0.3, 0.4) is 0 Å². The molecular formula is C15H16N2O3. The summed E-state index contributed by atoms with van der Waals surface area (Å²) in [6, 6.07) is 9.12. The number of H-pyrrole nitrogens is 1. The summed E-state index contributed by atoms with van der Waals surface area (Å²) in [5, 5.41) is 0. The van der Waals surface area contributed by atoms with Crippen molar-refractivity contribution in [2.24, 2.45) is 0 Å². The van der Waals surface area contributed by atoms with Crippen LogP contribution in [0.5, 0.6) is 0 Å². The van der Waals surface area contributed by atoms with Gasteiger partial charge in [-0.25, -0.2) is 9.59 Å². The minimum Gasteiger partial charge on any atom is -0.465 e. The van der Waals surface area contributed by atoms with Gasteiger partial charge in [0.1, 0.15) is 5.56 Å². The molecule has 0 saturated carbocycles. The second-order valence-electron chi connectivity index (χ2n) is 4.69. The largest absolute Gasteiger partial charge is 0.465 e. The molecule has 104 valence electrons. The van der Waals surface area contributed by atoms with Crippen molar-refractivity contribution in [3.63, 3.8) is 0 Å². The number of rotatable bonds is 3. The Bertz CT molecular complexity index is 675. The molecule has 0 bridgehead atoms. The fourth-order valence-corrected chi connectivity index (χ4v) is 2.04. The summed E-state index contributed by atoms with van der Waals surface area (Å²) in [5.74, 6) is -0.529. The lowest BCUT2D eigenvalue weighted by molar-refractivity contribution is 0.0598. The maximum absolute atomic E-state index is 12.1. The molecule has 20 heavy (non-hydrogen) atoms. The van der Waals surface area contributed by atoms with Crippen molar-refractivity contribution in [2.75, 3.05) is 7.11 Å². The second-order valence-corrected chi connectivity index (χ2v) is 4.69. The summed E-state index contributed by atoms with van der Waals surface area (Å²) in [7, 11) is 1.31. The number of carbonyl (C=O) groups excluding carboxylic acids is 1. The molecule has 2 aromatic rings.